The minimum atomic E-state index is -2.92. The summed E-state index contributed by atoms with van der Waals surface area (Å²) in [5.74, 6) is 0. The molecule has 0 aliphatic heterocycles. The number of rotatable bonds is 5. The summed E-state index contributed by atoms with van der Waals surface area (Å²) in [6.07, 6.45) is 0.942. The topological polar surface area (TPSA) is 0 Å². The van der Waals surface area contributed by atoms with Crippen molar-refractivity contribution in [1.29, 1.82) is 0 Å². The van der Waals surface area contributed by atoms with Crippen LogP contribution in [0.4, 0.5) is 0 Å². The Hall–Kier alpha value is -2.21. The van der Waals surface area contributed by atoms with Gasteiger partial charge in [-0.3, -0.25) is 0 Å². The van der Waals surface area contributed by atoms with Crippen LogP contribution in [0.5, 0.6) is 0 Å². The summed E-state index contributed by atoms with van der Waals surface area (Å²) in [5.41, 5.74) is 4.12. The normalized spacial score (nSPS) is 12.9. The Labute approximate surface area is 182 Å². The molecule has 0 saturated heterocycles. The third-order valence-corrected chi connectivity index (χ3v) is 15.6. The van der Waals surface area contributed by atoms with Crippen molar-refractivity contribution in [3.63, 3.8) is 0 Å². The van der Waals surface area contributed by atoms with E-state index >= 15 is 0 Å². The van der Waals surface area contributed by atoms with Crippen LogP contribution in [-0.4, -0.2) is 0 Å². The first-order valence-corrected chi connectivity index (χ1v) is 14.4. The van der Waals surface area contributed by atoms with Crippen LogP contribution in [0.3, 0.4) is 0 Å². The first kappa shape index (κ1) is 20.1. The zero-order valence-corrected chi connectivity index (χ0v) is 19.4. The number of benzene rings is 4. The molecule has 0 amide bonds. The van der Waals surface area contributed by atoms with Gasteiger partial charge in [0.25, 0.3) is 0 Å². The third kappa shape index (κ3) is 3.37. The quantitative estimate of drug-likeness (QED) is 0.292. The van der Waals surface area contributed by atoms with E-state index in [1.165, 1.54) is 32.6 Å². The fraction of sp³-hybridized carbons (Fsp3) is 0.111. The molecule has 0 spiro atoms. The van der Waals surface area contributed by atoms with Gasteiger partial charge in [-0.1, -0.05) is 0 Å². The molecule has 0 heterocycles. The molecule has 0 atom stereocenters. The van der Waals surface area contributed by atoms with Crippen LogP contribution >= 0.6 is 20.8 Å². The van der Waals surface area contributed by atoms with Gasteiger partial charge in [-0.25, -0.2) is 0 Å². The van der Waals surface area contributed by atoms with Crippen molar-refractivity contribution in [3.05, 3.63) is 126 Å². The molecule has 0 nitrogen and oxygen atoms in total. The number of halogens is 1. The summed E-state index contributed by atoms with van der Waals surface area (Å²) in [6.45, 7) is 4.45. The summed E-state index contributed by atoms with van der Waals surface area (Å²) < 4.78 is 0. The molecular weight excluding hydrogens is 435 g/mol. The van der Waals surface area contributed by atoms with Crippen molar-refractivity contribution in [1.82, 2.24) is 0 Å². The van der Waals surface area contributed by atoms with Crippen molar-refractivity contribution in [2.75, 3.05) is 0 Å². The second kappa shape index (κ2) is 7.90. The molecule has 4 rings (SSSR count). The van der Waals surface area contributed by atoms with Crippen LogP contribution in [0, 0.1) is 13.8 Å². The Morgan fingerprint density at radius 2 is 0.966 bits per heavy atom. The van der Waals surface area contributed by atoms with Gasteiger partial charge in [0.1, 0.15) is 0 Å². The first-order valence-electron chi connectivity index (χ1n) is 9.99. The Kier molecular flexibility index (Phi) is 5.47. The maximum absolute atomic E-state index is 4.54. The van der Waals surface area contributed by atoms with Crippen LogP contribution in [0.2, 0.25) is 0 Å². The maximum atomic E-state index is 4.54. The zero-order chi connectivity index (χ0) is 20.3. The van der Waals surface area contributed by atoms with E-state index in [4.69, 9.17) is 0 Å². The van der Waals surface area contributed by atoms with Crippen molar-refractivity contribution in [3.8, 4) is 0 Å². The summed E-state index contributed by atoms with van der Waals surface area (Å²) in [6, 6.07) is 39.7. The second-order valence-corrected chi connectivity index (χ2v) is 16.6. The average Bonchev–Trinajstić information content (AvgIpc) is 2.79. The van der Waals surface area contributed by atoms with Crippen LogP contribution in [0.15, 0.2) is 109 Å². The fourth-order valence-electron chi connectivity index (χ4n) is 4.24. The molecule has 0 fully saturated rings. The van der Waals surface area contributed by atoms with Gasteiger partial charge in [-0.05, 0) is 0 Å². The SMILES string of the molecule is Cc1cccc(CP(Br)(c2ccccc2)(c2ccccc2)c2ccccc2)c1C. The van der Waals surface area contributed by atoms with E-state index in [0.717, 1.165) is 6.16 Å². The van der Waals surface area contributed by atoms with Gasteiger partial charge in [-0.2, -0.15) is 0 Å². The Morgan fingerprint density at radius 3 is 1.38 bits per heavy atom. The Bertz CT molecular complexity index is 1010. The van der Waals surface area contributed by atoms with Gasteiger partial charge in [-0.15, -0.1) is 0 Å². The van der Waals surface area contributed by atoms with E-state index in [1.54, 1.807) is 0 Å². The van der Waals surface area contributed by atoms with Crippen LogP contribution < -0.4 is 15.9 Å². The third-order valence-electron chi connectivity index (χ3n) is 6.07. The van der Waals surface area contributed by atoms with E-state index in [-0.39, 0.29) is 0 Å². The molecule has 0 aromatic heterocycles. The first-order chi connectivity index (χ1) is 14.0. The Morgan fingerprint density at radius 1 is 0.552 bits per heavy atom. The van der Waals surface area contributed by atoms with E-state index in [0.29, 0.717) is 0 Å². The standard InChI is InChI=1S/C27H26BrP/c1-22-13-12-14-24(23(22)2)21-29(28,25-15-6-3-7-16-25,26-17-8-4-9-18-26)27-19-10-5-11-20-27/h3-20H,21H2,1-2H3. The zero-order valence-electron chi connectivity index (χ0n) is 16.9. The van der Waals surface area contributed by atoms with Gasteiger partial charge in [0.05, 0.1) is 0 Å². The summed E-state index contributed by atoms with van der Waals surface area (Å²) >= 11 is 4.54. The Balaban J connectivity index is 2.11. The molecule has 0 N–H and O–H groups in total. The molecule has 0 aliphatic rings. The molecule has 0 radical (unpaired) electrons. The predicted octanol–water partition coefficient (Wildman–Crippen LogP) is 6.64. The monoisotopic (exact) mass is 460 g/mol. The van der Waals surface area contributed by atoms with Crippen LogP contribution in [-0.2, 0) is 6.16 Å². The molecule has 4 aromatic rings. The molecular formula is C27H26BrP. The summed E-state index contributed by atoms with van der Waals surface area (Å²) in [7, 11) is 0. The molecule has 0 unspecified atom stereocenters. The second-order valence-electron chi connectivity index (χ2n) is 7.71. The summed E-state index contributed by atoms with van der Waals surface area (Å²) in [5, 5.41) is 1.15. The molecule has 0 saturated carbocycles. The number of hydrogen-bond acceptors (Lipinski definition) is 0. The van der Waals surface area contributed by atoms with Gasteiger partial charge >= 0.3 is 183 Å². The molecule has 0 aliphatic carbocycles. The van der Waals surface area contributed by atoms with Crippen molar-refractivity contribution in [2.45, 2.75) is 20.0 Å². The van der Waals surface area contributed by atoms with Gasteiger partial charge in [0, 0.05) is 0 Å². The van der Waals surface area contributed by atoms with Gasteiger partial charge < -0.3 is 0 Å². The van der Waals surface area contributed by atoms with Crippen molar-refractivity contribution < 1.29 is 0 Å². The van der Waals surface area contributed by atoms with Crippen LogP contribution in [0.1, 0.15) is 16.7 Å². The molecule has 29 heavy (non-hydrogen) atoms. The molecule has 4 aromatic carbocycles. The predicted molar refractivity (Wildman–Crippen MR) is 134 cm³/mol. The molecule has 2 heteroatoms. The van der Waals surface area contributed by atoms with Crippen LogP contribution in [0.25, 0.3) is 0 Å². The van der Waals surface area contributed by atoms with Gasteiger partial charge in [0.15, 0.2) is 0 Å². The van der Waals surface area contributed by atoms with E-state index in [1.807, 2.05) is 0 Å². The van der Waals surface area contributed by atoms with E-state index < -0.39 is 5.31 Å². The number of hydrogen-bond donors (Lipinski definition) is 0. The van der Waals surface area contributed by atoms with Crippen molar-refractivity contribution >= 4 is 36.7 Å². The van der Waals surface area contributed by atoms with Crippen molar-refractivity contribution in [2.24, 2.45) is 0 Å². The number of aryl methyl sites for hydroxylation is 1. The fourth-order valence-corrected chi connectivity index (χ4v) is 12.0. The minimum absolute atomic E-state index is 0.942. The molecule has 146 valence electrons. The van der Waals surface area contributed by atoms with E-state index in [9.17, 15) is 0 Å². The summed E-state index contributed by atoms with van der Waals surface area (Å²) in [4.78, 5) is 0. The molecule has 0 bridgehead atoms. The van der Waals surface area contributed by atoms with E-state index in [2.05, 4.69) is 139 Å². The van der Waals surface area contributed by atoms with Gasteiger partial charge in [0.2, 0.25) is 0 Å². The average molecular weight is 461 g/mol.